The molecule has 0 aliphatic carbocycles. The van der Waals surface area contributed by atoms with E-state index in [1.54, 1.807) is 0 Å². The Morgan fingerprint density at radius 2 is 1.46 bits per heavy atom. The van der Waals surface area contributed by atoms with Crippen molar-refractivity contribution in [3.63, 3.8) is 0 Å². The molecule has 1 fully saturated rings. The second-order valence-electron chi connectivity index (χ2n) is 7.95. The highest BCUT2D eigenvalue weighted by molar-refractivity contribution is 5.68. The lowest BCUT2D eigenvalue weighted by Gasteiger charge is -2.39. The topological polar surface area (TPSA) is 23.5 Å². The lowest BCUT2D eigenvalue weighted by molar-refractivity contribution is -0.0260. The van der Waals surface area contributed by atoms with Crippen molar-refractivity contribution < 1.29 is 5.11 Å². The molecule has 0 spiro atoms. The zero-order chi connectivity index (χ0) is 19.4. The fraction of sp³-hybridized carbons (Fsp3) is 0.308. The Labute approximate surface area is 168 Å². The van der Waals surface area contributed by atoms with E-state index in [2.05, 4.69) is 84.6 Å². The molecular weight excluding hydrogens is 342 g/mol. The maximum atomic E-state index is 11.5. The smallest absolute Gasteiger partial charge is 0.0923 e. The van der Waals surface area contributed by atoms with Crippen LogP contribution < -0.4 is 0 Å². The minimum absolute atomic E-state index is 0.724. The molecule has 28 heavy (non-hydrogen) atoms. The molecule has 3 aromatic rings. The lowest BCUT2D eigenvalue weighted by atomic mass is 9.80. The second kappa shape index (κ2) is 8.30. The summed E-state index contributed by atoms with van der Waals surface area (Å²) in [5.74, 6) is 0. The Morgan fingerprint density at radius 1 is 0.821 bits per heavy atom. The van der Waals surface area contributed by atoms with Crippen LogP contribution in [-0.2, 0) is 12.0 Å². The summed E-state index contributed by atoms with van der Waals surface area (Å²) in [4.78, 5) is 2.48. The monoisotopic (exact) mass is 371 g/mol. The maximum absolute atomic E-state index is 11.5. The van der Waals surface area contributed by atoms with Crippen molar-refractivity contribution in [1.29, 1.82) is 0 Å². The fourth-order valence-electron chi connectivity index (χ4n) is 4.42. The first-order chi connectivity index (χ1) is 13.7. The van der Waals surface area contributed by atoms with Crippen molar-refractivity contribution in [1.82, 2.24) is 4.90 Å². The van der Waals surface area contributed by atoms with E-state index in [0.29, 0.717) is 0 Å². The first-order valence-corrected chi connectivity index (χ1v) is 10.3. The van der Waals surface area contributed by atoms with Crippen molar-refractivity contribution in [2.75, 3.05) is 19.6 Å². The normalized spacial score (nSPS) is 16.8. The van der Waals surface area contributed by atoms with Gasteiger partial charge in [0.15, 0.2) is 0 Å². The summed E-state index contributed by atoms with van der Waals surface area (Å²) in [6.07, 6.45) is 2.66. The minimum atomic E-state index is -0.724. The number of nitrogens with zero attached hydrogens (tertiary/aromatic N) is 1. The Morgan fingerprint density at radius 3 is 2.14 bits per heavy atom. The van der Waals surface area contributed by atoms with Crippen LogP contribution in [0.1, 0.15) is 29.5 Å². The van der Waals surface area contributed by atoms with Gasteiger partial charge >= 0.3 is 0 Å². The molecule has 0 radical (unpaired) electrons. The SMILES string of the molecule is Cc1c(-c2ccccc2)cccc1C1(O)CCN(CCc2ccccc2)CC1. The van der Waals surface area contributed by atoms with Crippen molar-refractivity contribution in [2.45, 2.75) is 31.8 Å². The summed E-state index contributed by atoms with van der Waals surface area (Å²) >= 11 is 0. The molecule has 1 heterocycles. The van der Waals surface area contributed by atoms with Gasteiger partial charge in [-0.15, -0.1) is 0 Å². The van der Waals surface area contributed by atoms with E-state index in [9.17, 15) is 5.11 Å². The molecule has 3 aromatic carbocycles. The molecule has 2 nitrogen and oxygen atoms in total. The van der Waals surface area contributed by atoms with E-state index >= 15 is 0 Å². The third kappa shape index (κ3) is 4.04. The number of aliphatic hydroxyl groups is 1. The Kier molecular flexibility index (Phi) is 5.61. The molecule has 1 aliphatic rings. The summed E-state index contributed by atoms with van der Waals surface area (Å²) in [7, 11) is 0. The van der Waals surface area contributed by atoms with Gasteiger partial charge in [-0.25, -0.2) is 0 Å². The van der Waals surface area contributed by atoms with Crippen LogP contribution in [0.15, 0.2) is 78.9 Å². The van der Waals surface area contributed by atoms with Crippen LogP contribution in [0.25, 0.3) is 11.1 Å². The maximum Gasteiger partial charge on any atom is 0.0923 e. The quantitative estimate of drug-likeness (QED) is 0.667. The Balaban J connectivity index is 1.45. The van der Waals surface area contributed by atoms with Crippen LogP contribution in [0.5, 0.6) is 0 Å². The van der Waals surface area contributed by atoms with E-state index < -0.39 is 5.60 Å². The second-order valence-corrected chi connectivity index (χ2v) is 7.95. The van der Waals surface area contributed by atoms with Crippen molar-refractivity contribution in [3.05, 3.63) is 95.6 Å². The van der Waals surface area contributed by atoms with E-state index in [1.807, 2.05) is 6.07 Å². The van der Waals surface area contributed by atoms with Crippen LogP contribution in [0.3, 0.4) is 0 Å². The number of piperidine rings is 1. The summed E-state index contributed by atoms with van der Waals surface area (Å²) in [6.45, 7) is 5.09. The zero-order valence-electron chi connectivity index (χ0n) is 16.6. The first-order valence-electron chi connectivity index (χ1n) is 10.3. The van der Waals surface area contributed by atoms with Crippen LogP contribution in [0, 0.1) is 6.92 Å². The summed E-state index contributed by atoms with van der Waals surface area (Å²) in [6, 6.07) is 27.5. The predicted octanol–water partition coefficient (Wildman–Crippen LogP) is 5.19. The van der Waals surface area contributed by atoms with Gasteiger partial charge in [-0.2, -0.15) is 0 Å². The van der Waals surface area contributed by atoms with Gasteiger partial charge in [-0.1, -0.05) is 78.9 Å². The molecule has 1 saturated heterocycles. The fourth-order valence-corrected chi connectivity index (χ4v) is 4.42. The van der Waals surface area contributed by atoms with Crippen molar-refractivity contribution in [2.24, 2.45) is 0 Å². The van der Waals surface area contributed by atoms with E-state index in [-0.39, 0.29) is 0 Å². The van der Waals surface area contributed by atoms with Gasteiger partial charge in [0, 0.05) is 19.6 Å². The number of likely N-dealkylation sites (tertiary alicyclic amines) is 1. The third-order valence-corrected chi connectivity index (χ3v) is 6.16. The predicted molar refractivity (Wildman–Crippen MR) is 116 cm³/mol. The standard InChI is InChI=1S/C26H29NO/c1-21-24(23-11-6-3-7-12-23)13-8-14-25(21)26(28)16-19-27(20-17-26)18-15-22-9-4-2-5-10-22/h2-14,28H,15-20H2,1H3. The zero-order valence-corrected chi connectivity index (χ0v) is 16.6. The minimum Gasteiger partial charge on any atom is -0.385 e. The molecule has 0 bridgehead atoms. The average Bonchev–Trinajstić information content (AvgIpc) is 2.75. The highest BCUT2D eigenvalue weighted by Gasteiger charge is 2.35. The first kappa shape index (κ1) is 18.9. The Bertz CT molecular complexity index is 896. The van der Waals surface area contributed by atoms with Crippen LogP contribution in [0.4, 0.5) is 0 Å². The largest absolute Gasteiger partial charge is 0.385 e. The van der Waals surface area contributed by atoms with Crippen molar-refractivity contribution in [3.8, 4) is 11.1 Å². The molecule has 0 atom stereocenters. The molecule has 1 aliphatic heterocycles. The molecule has 0 unspecified atom stereocenters. The van der Waals surface area contributed by atoms with Gasteiger partial charge < -0.3 is 10.0 Å². The third-order valence-electron chi connectivity index (χ3n) is 6.16. The number of rotatable bonds is 5. The molecule has 0 saturated carbocycles. The molecule has 1 N–H and O–H groups in total. The van der Waals surface area contributed by atoms with Gasteiger partial charge in [0.2, 0.25) is 0 Å². The summed E-state index contributed by atoms with van der Waals surface area (Å²) < 4.78 is 0. The van der Waals surface area contributed by atoms with E-state index in [1.165, 1.54) is 22.3 Å². The molecule has 2 heteroatoms. The highest BCUT2D eigenvalue weighted by atomic mass is 16.3. The van der Waals surface area contributed by atoms with Crippen LogP contribution in [-0.4, -0.2) is 29.6 Å². The molecule has 4 rings (SSSR count). The average molecular weight is 372 g/mol. The Hall–Kier alpha value is -2.42. The lowest BCUT2D eigenvalue weighted by Crippen LogP contribution is -2.43. The van der Waals surface area contributed by atoms with E-state index in [0.717, 1.165) is 44.5 Å². The van der Waals surface area contributed by atoms with Gasteiger partial charge in [-0.3, -0.25) is 0 Å². The molecule has 0 amide bonds. The molecule has 144 valence electrons. The summed E-state index contributed by atoms with van der Waals surface area (Å²) in [5.41, 5.74) is 5.39. The molecule has 0 aromatic heterocycles. The van der Waals surface area contributed by atoms with Gasteiger partial charge in [-0.05, 0) is 54.0 Å². The highest BCUT2D eigenvalue weighted by Crippen LogP contribution is 2.38. The van der Waals surface area contributed by atoms with Gasteiger partial charge in [0.05, 0.1) is 5.60 Å². The van der Waals surface area contributed by atoms with Gasteiger partial charge in [0.25, 0.3) is 0 Å². The van der Waals surface area contributed by atoms with Gasteiger partial charge in [0.1, 0.15) is 0 Å². The number of hydrogen-bond acceptors (Lipinski definition) is 2. The van der Waals surface area contributed by atoms with E-state index in [4.69, 9.17) is 0 Å². The van der Waals surface area contributed by atoms with Crippen molar-refractivity contribution >= 4 is 0 Å². The number of hydrogen-bond donors (Lipinski definition) is 1. The van der Waals surface area contributed by atoms with Crippen LogP contribution >= 0.6 is 0 Å². The molecular formula is C26H29NO. The number of benzene rings is 3. The summed E-state index contributed by atoms with van der Waals surface area (Å²) in [5, 5.41) is 11.5. The van der Waals surface area contributed by atoms with Crippen LogP contribution in [0.2, 0.25) is 0 Å².